The summed E-state index contributed by atoms with van der Waals surface area (Å²) in [5.74, 6) is 3.46. The van der Waals surface area contributed by atoms with E-state index in [1.165, 1.54) is 13.8 Å². The molecule has 0 saturated carbocycles. The zero-order valence-electron chi connectivity index (χ0n) is 31.9. The van der Waals surface area contributed by atoms with Crippen LogP contribution in [0.1, 0.15) is 41.0 Å². The van der Waals surface area contributed by atoms with Crippen LogP contribution in [0.15, 0.2) is 60.9 Å². The van der Waals surface area contributed by atoms with Gasteiger partial charge >= 0.3 is 0 Å². The van der Waals surface area contributed by atoms with Gasteiger partial charge in [0, 0.05) is 49.7 Å². The molecule has 0 radical (unpaired) electrons. The van der Waals surface area contributed by atoms with E-state index in [4.69, 9.17) is 38.0 Å². The van der Waals surface area contributed by atoms with Crippen LogP contribution in [0.2, 0.25) is 0 Å². The monoisotopic (exact) mass is 802 g/mol. The first-order valence-corrected chi connectivity index (χ1v) is 20.3. The van der Waals surface area contributed by atoms with Gasteiger partial charge in [-0.2, -0.15) is 16.8 Å². The molecule has 0 bridgehead atoms. The summed E-state index contributed by atoms with van der Waals surface area (Å²) in [7, 11) is -1.16. The lowest BCUT2D eigenvalue weighted by molar-refractivity contribution is 0.0998. The fraction of sp³-hybridized carbons (Fsp3) is 0.351. The van der Waals surface area contributed by atoms with E-state index < -0.39 is 20.2 Å². The minimum absolute atomic E-state index is 0.119. The Balaban J connectivity index is 0.000000721. The van der Waals surface area contributed by atoms with Gasteiger partial charge in [-0.3, -0.25) is 18.7 Å². The minimum Gasteiger partial charge on any atom is -0.496 e. The first-order chi connectivity index (χ1) is 25.8. The lowest BCUT2D eigenvalue weighted by Crippen LogP contribution is -2.31. The Morgan fingerprint density at radius 3 is 1.07 bits per heavy atom. The Morgan fingerprint density at radius 2 is 0.855 bits per heavy atom. The van der Waals surface area contributed by atoms with Gasteiger partial charge in [0.1, 0.15) is 45.8 Å². The molecule has 0 unspecified atom stereocenters. The Hall–Kier alpha value is -5.30. The van der Waals surface area contributed by atoms with Crippen LogP contribution < -0.4 is 28.7 Å². The van der Waals surface area contributed by atoms with Crippen molar-refractivity contribution in [3.63, 3.8) is 0 Å². The molecule has 0 atom stereocenters. The summed E-state index contributed by atoms with van der Waals surface area (Å²) in [6.45, 7) is 6.33. The van der Waals surface area contributed by atoms with Crippen LogP contribution in [-0.4, -0.2) is 115 Å². The fourth-order valence-corrected chi connectivity index (χ4v) is 5.71. The molecule has 1 aliphatic rings. The molecule has 2 aromatic heterocycles. The molecule has 0 aliphatic carbocycles. The molecule has 2 aromatic carbocycles. The molecule has 18 heteroatoms. The second-order valence-electron chi connectivity index (χ2n) is 12.2. The number of pyridine rings is 2. The Kier molecular flexibility index (Phi) is 15.5. The van der Waals surface area contributed by atoms with Crippen LogP contribution in [0.3, 0.4) is 0 Å². The van der Waals surface area contributed by atoms with Crippen molar-refractivity contribution < 1.29 is 54.5 Å². The van der Waals surface area contributed by atoms with E-state index in [9.17, 15) is 26.4 Å². The number of benzene rings is 2. The molecule has 4 aromatic rings. The molecule has 1 fully saturated rings. The number of hydrogen-bond acceptors (Lipinski definition) is 14. The normalized spacial score (nSPS) is 12.9. The number of hydrogen-bond donors (Lipinski definition) is 2. The first-order valence-electron chi connectivity index (χ1n) is 16.6. The molecule has 298 valence electrons. The van der Waals surface area contributed by atoms with Gasteiger partial charge in [-0.05, 0) is 79.9 Å². The van der Waals surface area contributed by atoms with Crippen LogP contribution in [0.5, 0.6) is 23.0 Å². The summed E-state index contributed by atoms with van der Waals surface area (Å²) in [5, 5.41) is 0. The maximum absolute atomic E-state index is 12.2. The van der Waals surface area contributed by atoms with E-state index in [2.05, 4.69) is 9.80 Å². The Bertz CT molecular complexity index is 1960. The molecule has 0 spiro atoms. The molecule has 16 nitrogen and oxygen atoms in total. The zero-order chi connectivity index (χ0) is 41.1. The third-order valence-electron chi connectivity index (χ3n) is 8.02. The SMILES string of the molecule is COc1cc(-c2ccc(N3CCCN(c4ccc(-c5cc(OC)c(C(C)=O)c(OC)c5)cn4)CC3)nc2)cc(OC)c1C(C)=O.CS(=O)(=O)O.CS(=O)(=O)O. The van der Waals surface area contributed by atoms with Crippen molar-refractivity contribution in [3.05, 3.63) is 72.1 Å². The summed E-state index contributed by atoms with van der Waals surface area (Å²) in [6, 6.07) is 15.5. The number of carbonyl (C=O) groups excluding carboxylic acids is 2. The smallest absolute Gasteiger partial charge is 0.261 e. The van der Waals surface area contributed by atoms with Crippen molar-refractivity contribution in [2.75, 3.05) is 76.9 Å². The number of Topliss-reactive ketones (excluding diaryl/α,β-unsaturated/α-hetero) is 2. The highest BCUT2D eigenvalue weighted by Gasteiger charge is 2.21. The van der Waals surface area contributed by atoms with Gasteiger partial charge in [0.05, 0.1) is 41.0 Å². The number of ketones is 2. The molecule has 3 heterocycles. The van der Waals surface area contributed by atoms with Gasteiger partial charge in [0.25, 0.3) is 20.2 Å². The van der Waals surface area contributed by atoms with Crippen LogP contribution in [0, 0.1) is 0 Å². The highest BCUT2D eigenvalue weighted by atomic mass is 32.2. The Labute approximate surface area is 321 Å². The quantitative estimate of drug-likeness (QED) is 0.160. The summed E-state index contributed by atoms with van der Waals surface area (Å²) in [4.78, 5) is 38.4. The number of anilines is 2. The zero-order valence-corrected chi connectivity index (χ0v) is 33.5. The van der Waals surface area contributed by atoms with Crippen molar-refractivity contribution in [2.24, 2.45) is 0 Å². The predicted molar refractivity (Wildman–Crippen MR) is 210 cm³/mol. The van der Waals surface area contributed by atoms with E-state index in [1.807, 2.05) is 60.9 Å². The summed E-state index contributed by atoms with van der Waals surface area (Å²) in [5.41, 5.74) is 4.37. The fourth-order valence-electron chi connectivity index (χ4n) is 5.71. The van der Waals surface area contributed by atoms with E-state index in [-0.39, 0.29) is 11.6 Å². The van der Waals surface area contributed by atoms with E-state index in [1.54, 1.807) is 28.4 Å². The Morgan fingerprint density at radius 1 is 0.564 bits per heavy atom. The number of aromatic nitrogens is 2. The number of nitrogens with zero attached hydrogens (tertiary/aromatic N) is 4. The van der Waals surface area contributed by atoms with Crippen LogP contribution >= 0.6 is 0 Å². The number of methoxy groups -OCH3 is 4. The maximum atomic E-state index is 12.2. The number of carbonyl (C=O) groups is 2. The van der Waals surface area contributed by atoms with Crippen molar-refractivity contribution in [3.8, 4) is 45.3 Å². The van der Waals surface area contributed by atoms with Gasteiger partial charge in [0.15, 0.2) is 11.6 Å². The van der Waals surface area contributed by atoms with Crippen LogP contribution in [0.25, 0.3) is 22.3 Å². The van der Waals surface area contributed by atoms with Crippen molar-refractivity contribution in [2.45, 2.75) is 20.3 Å². The van der Waals surface area contributed by atoms with E-state index >= 15 is 0 Å². The lowest BCUT2D eigenvalue weighted by atomic mass is 10.0. The third-order valence-corrected chi connectivity index (χ3v) is 8.02. The third kappa shape index (κ3) is 13.2. The van der Waals surface area contributed by atoms with Gasteiger partial charge < -0.3 is 28.7 Å². The molecular formula is C37H46N4O12S2. The second kappa shape index (κ2) is 19.3. The summed E-state index contributed by atoms with van der Waals surface area (Å²) < 4.78 is 73.7. The molecule has 1 saturated heterocycles. The molecule has 0 amide bonds. The summed E-state index contributed by atoms with van der Waals surface area (Å²) >= 11 is 0. The average molecular weight is 803 g/mol. The van der Waals surface area contributed by atoms with Gasteiger partial charge in [-0.15, -0.1) is 0 Å². The van der Waals surface area contributed by atoms with Crippen LogP contribution in [-0.2, 0) is 20.2 Å². The van der Waals surface area contributed by atoms with E-state index in [0.717, 1.165) is 66.5 Å². The first kappa shape index (κ1) is 44.1. The van der Waals surface area contributed by atoms with E-state index in [0.29, 0.717) is 46.6 Å². The minimum atomic E-state index is -3.67. The largest absolute Gasteiger partial charge is 0.496 e. The molecule has 1 aliphatic heterocycles. The van der Waals surface area contributed by atoms with Gasteiger partial charge in [-0.25, -0.2) is 9.97 Å². The highest BCUT2D eigenvalue weighted by Crippen LogP contribution is 2.37. The second-order valence-corrected chi connectivity index (χ2v) is 15.2. The van der Waals surface area contributed by atoms with Crippen molar-refractivity contribution in [1.82, 2.24) is 9.97 Å². The van der Waals surface area contributed by atoms with Crippen molar-refractivity contribution in [1.29, 1.82) is 0 Å². The topological polar surface area (TPSA) is 212 Å². The highest BCUT2D eigenvalue weighted by molar-refractivity contribution is 7.85. The maximum Gasteiger partial charge on any atom is 0.261 e. The predicted octanol–water partition coefficient (Wildman–Crippen LogP) is 4.97. The summed E-state index contributed by atoms with van der Waals surface area (Å²) in [6.07, 6.45) is 6.06. The van der Waals surface area contributed by atoms with Crippen LogP contribution in [0.4, 0.5) is 11.6 Å². The van der Waals surface area contributed by atoms with Gasteiger partial charge in [0.2, 0.25) is 0 Å². The molecular weight excluding hydrogens is 757 g/mol. The number of ether oxygens (including phenoxy) is 4. The molecule has 2 N–H and O–H groups in total. The number of rotatable bonds is 10. The standard InChI is InChI=1S/C35H38N4O6.2CH4O3S/c1-22(40)34-28(42-3)16-26(17-29(34)43-4)24-8-10-32(36-20-24)38-12-7-13-39(15-14-38)33-11-9-25(21-37-33)27-18-30(44-5)35(23(2)41)31(19-27)45-6;2*1-5(2,3)4/h8-11,16-21H,7,12-15H2,1-6H3;2*1H3,(H,2,3,4). The average Bonchev–Trinajstić information content (AvgIpc) is 3.39. The lowest BCUT2D eigenvalue weighted by Gasteiger charge is -2.24. The van der Waals surface area contributed by atoms with Gasteiger partial charge in [-0.1, -0.05) is 0 Å². The molecule has 55 heavy (non-hydrogen) atoms. The molecule has 5 rings (SSSR count). The van der Waals surface area contributed by atoms with Crippen molar-refractivity contribution >= 4 is 43.4 Å².